The van der Waals surface area contributed by atoms with E-state index in [0.29, 0.717) is 5.92 Å². The van der Waals surface area contributed by atoms with Crippen LogP contribution in [0.1, 0.15) is 23.6 Å². The van der Waals surface area contributed by atoms with E-state index >= 15 is 0 Å². The highest BCUT2D eigenvalue weighted by molar-refractivity contribution is 5.59. The highest BCUT2D eigenvalue weighted by atomic mass is 19.1. The maximum absolute atomic E-state index is 12.9. The third-order valence-corrected chi connectivity index (χ3v) is 4.13. The molecule has 1 aliphatic rings. The summed E-state index contributed by atoms with van der Waals surface area (Å²) in [6.07, 6.45) is 3.18. The van der Waals surface area contributed by atoms with Crippen LogP contribution < -0.4 is 5.32 Å². The first kappa shape index (κ1) is 13.2. The lowest BCUT2D eigenvalue weighted by atomic mass is 9.87. The molecule has 0 fully saturated rings. The molecule has 1 heterocycles. The first-order chi connectivity index (χ1) is 9.76. The molecule has 20 heavy (non-hydrogen) atoms. The fraction of sp³-hybridized carbons (Fsp3) is 0.333. The normalized spacial score (nSPS) is 17.4. The van der Waals surface area contributed by atoms with Crippen molar-refractivity contribution >= 4 is 5.69 Å². The van der Waals surface area contributed by atoms with Gasteiger partial charge in [0.25, 0.3) is 0 Å². The van der Waals surface area contributed by atoms with Crippen molar-refractivity contribution in [3.05, 3.63) is 65.0 Å². The van der Waals surface area contributed by atoms with Gasteiger partial charge in [0.1, 0.15) is 5.82 Å². The summed E-state index contributed by atoms with van der Waals surface area (Å²) in [7, 11) is 0. The third kappa shape index (κ3) is 2.69. The molecule has 1 aliphatic heterocycles. The molecule has 0 aliphatic carbocycles. The van der Waals surface area contributed by atoms with E-state index in [1.165, 1.54) is 22.4 Å². The van der Waals surface area contributed by atoms with Crippen LogP contribution >= 0.6 is 0 Å². The van der Waals surface area contributed by atoms with Crippen molar-refractivity contribution < 1.29 is 4.39 Å². The van der Waals surface area contributed by atoms with E-state index in [1.54, 1.807) is 12.1 Å². The molecule has 1 nitrogen and oxygen atoms in total. The topological polar surface area (TPSA) is 12.0 Å². The Labute approximate surface area is 119 Å². The largest absolute Gasteiger partial charge is 0.384 e. The van der Waals surface area contributed by atoms with Crippen molar-refractivity contribution in [3.63, 3.8) is 0 Å². The second-order valence-electron chi connectivity index (χ2n) is 5.59. The Morgan fingerprint density at radius 3 is 2.70 bits per heavy atom. The molecule has 2 aromatic rings. The van der Waals surface area contributed by atoms with Crippen LogP contribution in [-0.2, 0) is 19.3 Å². The smallest absolute Gasteiger partial charge is 0.123 e. The van der Waals surface area contributed by atoms with Gasteiger partial charge >= 0.3 is 0 Å². The molecule has 3 rings (SSSR count). The van der Waals surface area contributed by atoms with E-state index in [2.05, 4.69) is 30.4 Å². The quantitative estimate of drug-likeness (QED) is 0.880. The highest BCUT2D eigenvalue weighted by Gasteiger charge is 2.19. The molecule has 0 saturated heterocycles. The van der Waals surface area contributed by atoms with Crippen LogP contribution in [0.15, 0.2) is 42.5 Å². The molecule has 0 aromatic heterocycles. The average molecular weight is 269 g/mol. The minimum Gasteiger partial charge on any atom is -0.384 e. The molecule has 1 unspecified atom stereocenters. The molecule has 1 N–H and O–H groups in total. The first-order valence-electron chi connectivity index (χ1n) is 7.35. The molecule has 2 aromatic carbocycles. The molecule has 0 amide bonds. The summed E-state index contributed by atoms with van der Waals surface area (Å²) in [5.74, 6) is 0.425. The van der Waals surface area contributed by atoms with Gasteiger partial charge in [0, 0.05) is 12.2 Å². The van der Waals surface area contributed by atoms with E-state index in [9.17, 15) is 4.39 Å². The zero-order valence-corrected chi connectivity index (χ0v) is 11.8. The van der Waals surface area contributed by atoms with Crippen molar-refractivity contribution in [2.24, 2.45) is 5.92 Å². The Kier molecular flexibility index (Phi) is 3.72. The number of benzene rings is 2. The lowest BCUT2D eigenvalue weighted by Crippen LogP contribution is -2.25. The van der Waals surface area contributed by atoms with Crippen LogP contribution in [-0.4, -0.2) is 6.54 Å². The monoisotopic (exact) mass is 269 g/mol. The van der Waals surface area contributed by atoms with Crippen LogP contribution in [0, 0.1) is 11.7 Å². The van der Waals surface area contributed by atoms with E-state index in [-0.39, 0.29) is 5.82 Å². The number of aryl methyl sites for hydroxylation is 1. The van der Waals surface area contributed by atoms with E-state index < -0.39 is 0 Å². The van der Waals surface area contributed by atoms with Gasteiger partial charge in [-0.1, -0.05) is 37.3 Å². The van der Waals surface area contributed by atoms with Crippen LogP contribution in [0.4, 0.5) is 10.1 Å². The Morgan fingerprint density at radius 1 is 1.15 bits per heavy atom. The minimum absolute atomic E-state index is 0.159. The molecule has 104 valence electrons. The molecule has 0 bridgehead atoms. The predicted molar refractivity (Wildman–Crippen MR) is 81.6 cm³/mol. The van der Waals surface area contributed by atoms with Crippen molar-refractivity contribution in [3.8, 4) is 0 Å². The average Bonchev–Trinajstić information content (AvgIpc) is 2.49. The van der Waals surface area contributed by atoms with Gasteiger partial charge < -0.3 is 5.32 Å². The summed E-state index contributed by atoms with van der Waals surface area (Å²) in [6, 6.07) is 13.5. The van der Waals surface area contributed by atoms with Gasteiger partial charge in [0.05, 0.1) is 0 Å². The third-order valence-electron chi connectivity index (χ3n) is 4.13. The second kappa shape index (κ2) is 5.66. The van der Waals surface area contributed by atoms with Gasteiger partial charge in [-0.15, -0.1) is 0 Å². The highest BCUT2D eigenvalue weighted by Crippen LogP contribution is 2.30. The van der Waals surface area contributed by atoms with E-state index in [1.807, 2.05) is 12.1 Å². The van der Waals surface area contributed by atoms with Gasteiger partial charge in [0.2, 0.25) is 0 Å². The van der Waals surface area contributed by atoms with Gasteiger partial charge in [-0.25, -0.2) is 4.39 Å². The van der Waals surface area contributed by atoms with Gasteiger partial charge in [-0.3, -0.25) is 0 Å². The van der Waals surface area contributed by atoms with Crippen LogP contribution in [0.2, 0.25) is 0 Å². The van der Waals surface area contributed by atoms with Crippen molar-refractivity contribution in [1.82, 2.24) is 0 Å². The fourth-order valence-electron chi connectivity index (χ4n) is 3.07. The summed E-state index contributed by atoms with van der Waals surface area (Å²) in [5, 5.41) is 3.59. The summed E-state index contributed by atoms with van der Waals surface area (Å²) in [6.45, 7) is 3.20. The number of anilines is 1. The molecule has 2 heteroatoms. The fourth-order valence-corrected chi connectivity index (χ4v) is 3.07. The lowest BCUT2D eigenvalue weighted by Gasteiger charge is -2.28. The van der Waals surface area contributed by atoms with Gasteiger partial charge in [-0.2, -0.15) is 0 Å². The number of nitrogens with one attached hydrogen (secondary N) is 1. The molecule has 1 atom stereocenters. The number of fused-ring (bicyclic) bond motifs is 1. The predicted octanol–water partition coefficient (Wildman–Crippen LogP) is 4.22. The van der Waals surface area contributed by atoms with Crippen molar-refractivity contribution in [2.75, 3.05) is 11.9 Å². The molecular formula is C18H20FN. The maximum Gasteiger partial charge on any atom is 0.123 e. The Bertz CT molecular complexity index is 589. The Morgan fingerprint density at radius 2 is 1.95 bits per heavy atom. The Hall–Kier alpha value is -1.83. The minimum atomic E-state index is -0.159. The van der Waals surface area contributed by atoms with Crippen molar-refractivity contribution in [2.45, 2.75) is 26.2 Å². The summed E-state index contributed by atoms with van der Waals surface area (Å²) >= 11 is 0. The zero-order valence-electron chi connectivity index (χ0n) is 11.8. The van der Waals surface area contributed by atoms with Crippen LogP contribution in [0.25, 0.3) is 0 Å². The van der Waals surface area contributed by atoms with Gasteiger partial charge in [0.15, 0.2) is 0 Å². The molecular weight excluding hydrogens is 249 g/mol. The van der Waals surface area contributed by atoms with Gasteiger partial charge in [-0.05, 0) is 54.0 Å². The first-order valence-corrected chi connectivity index (χ1v) is 7.35. The number of hydrogen-bond donors (Lipinski definition) is 1. The molecule has 0 spiro atoms. The van der Waals surface area contributed by atoms with E-state index in [4.69, 9.17) is 0 Å². The van der Waals surface area contributed by atoms with E-state index in [0.717, 1.165) is 25.8 Å². The van der Waals surface area contributed by atoms with Crippen LogP contribution in [0.3, 0.4) is 0 Å². The standard InChI is InChI=1S/C18H20FN/c1-2-15-4-3-5-16-11-14(12-20-18(15)16)10-13-6-8-17(19)9-7-13/h3-9,14,20H,2,10-12H2,1H3. The lowest BCUT2D eigenvalue weighted by molar-refractivity contribution is 0.533. The summed E-state index contributed by atoms with van der Waals surface area (Å²) in [4.78, 5) is 0. The van der Waals surface area contributed by atoms with Crippen LogP contribution in [0.5, 0.6) is 0 Å². The summed E-state index contributed by atoms with van der Waals surface area (Å²) in [5.41, 5.74) is 5.38. The number of hydrogen-bond acceptors (Lipinski definition) is 1. The number of halogens is 1. The molecule has 0 saturated carbocycles. The Balaban J connectivity index is 1.74. The number of rotatable bonds is 3. The molecule has 0 radical (unpaired) electrons. The SMILES string of the molecule is CCc1cccc2c1NCC(Cc1ccc(F)cc1)C2. The maximum atomic E-state index is 12.9. The van der Waals surface area contributed by atoms with Crippen molar-refractivity contribution in [1.29, 1.82) is 0 Å². The zero-order chi connectivity index (χ0) is 13.9. The number of para-hydroxylation sites is 1. The summed E-state index contributed by atoms with van der Waals surface area (Å²) < 4.78 is 12.9. The second-order valence-corrected chi connectivity index (χ2v) is 5.59.